The van der Waals surface area contributed by atoms with Crippen molar-refractivity contribution in [2.75, 3.05) is 0 Å². The van der Waals surface area contributed by atoms with Gasteiger partial charge < -0.3 is 9.47 Å². The van der Waals surface area contributed by atoms with Gasteiger partial charge >= 0.3 is 0 Å². The van der Waals surface area contributed by atoms with E-state index >= 15 is 0 Å². The molecule has 0 radical (unpaired) electrons. The first-order valence-corrected chi connectivity index (χ1v) is 7.73. The van der Waals surface area contributed by atoms with E-state index in [0.717, 1.165) is 11.3 Å². The minimum absolute atomic E-state index is 0.160. The SMILES string of the molecule is C=Cc1ccc(OC(OC2CCCCC2)C(C)C)cc1. The van der Waals surface area contributed by atoms with Gasteiger partial charge in [-0.2, -0.15) is 0 Å². The summed E-state index contributed by atoms with van der Waals surface area (Å²) in [5.41, 5.74) is 1.10. The Morgan fingerprint density at radius 1 is 1.10 bits per heavy atom. The van der Waals surface area contributed by atoms with Gasteiger partial charge in [0.25, 0.3) is 0 Å². The third-order valence-electron chi connectivity index (χ3n) is 3.79. The molecule has 0 bridgehead atoms. The van der Waals surface area contributed by atoms with Gasteiger partial charge in [-0.05, 0) is 30.5 Å². The van der Waals surface area contributed by atoms with E-state index < -0.39 is 0 Å². The molecule has 1 unspecified atom stereocenters. The normalized spacial score (nSPS) is 17.9. The maximum absolute atomic E-state index is 6.17. The second-order valence-electron chi connectivity index (χ2n) is 5.90. The lowest BCUT2D eigenvalue weighted by molar-refractivity contribution is -0.150. The lowest BCUT2D eigenvalue weighted by atomic mass is 9.97. The molecule has 20 heavy (non-hydrogen) atoms. The second kappa shape index (κ2) is 7.49. The third-order valence-corrected chi connectivity index (χ3v) is 3.79. The summed E-state index contributed by atoms with van der Waals surface area (Å²) >= 11 is 0. The number of rotatable bonds is 6. The zero-order valence-electron chi connectivity index (χ0n) is 12.7. The van der Waals surface area contributed by atoms with Crippen LogP contribution < -0.4 is 4.74 Å². The number of benzene rings is 1. The molecule has 2 heteroatoms. The molecule has 110 valence electrons. The Morgan fingerprint density at radius 2 is 1.75 bits per heavy atom. The van der Waals surface area contributed by atoms with Crippen LogP contribution in [0.3, 0.4) is 0 Å². The van der Waals surface area contributed by atoms with Crippen LogP contribution in [0, 0.1) is 5.92 Å². The largest absolute Gasteiger partial charge is 0.465 e. The Hall–Kier alpha value is -1.28. The predicted octanol–water partition coefficient (Wildman–Crippen LogP) is 5.04. The average Bonchev–Trinajstić information content (AvgIpc) is 2.48. The zero-order valence-corrected chi connectivity index (χ0v) is 12.7. The zero-order chi connectivity index (χ0) is 14.4. The molecular weight excluding hydrogens is 248 g/mol. The van der Waals surface area contributed by atoms with Gasteiger partial charge in [0, 0.05) is 5.92 Å². The van der Waals surface area contributed by atoms with Crippen LogP contribution in [-0.2, 0) is 4.74 Å². The molecule has 0 spiro atoms. The Kier molecular flexibility index (Phi) is 5.66. The number of ether oxygens (including phenoxy) is 2. The fraction of sp³-hybridized carbons (Fsp3) is 0.556. The summed E-state index contributed by atoms with van der Waals surface area (Å²) < 4.78 is 12.2. The van der Waals surface area contributed by atoms with Crippen molar-refractivity contribution in [2.45, 2.75) is 58.3 Å². The van der Waals surface area contributed by atoms with Crippen molar-refractivity contribution in [3.05, 3.63) is 36.4 Å². The molecule has 0 amide bonds. The summed E-state index contributed by atoms with van der Waals surface area (Å²) in [6.45, 7) is 8.05. The molecule has 0 heterocycles. The molecule has 2 nitrogen and oxygen atoms in total. The smallest absolute Gasteiger partial charge is 0.202 e. The van der Waals surface area contributed by atoms with Gasteiger partial charge in [-0.25, -0.2) is 0 Å². The molecule has 0 saturated heterocycles. The lowest BCUT2D eigenvalue weighted by Crippen LogP contribution is -2.32. The average molecular weight is 274 g/mol. The van der Waals surface area contributed by atoms with E-state index in [1.165, 1.54) is 32.1 Å². The van der Waals surface area contributed by atoms with Crippen LogP contribution in [0.4, 0.5) is 0 Å². The molecule has 2 rings (SSSR count). The Balaban J connectivity index is 1.95. The monoisotopic (exact) mass is 274 g/mol. The molecular formula is C18H26O2. The van der Waals surface area contributed by atoms with Crippen LogP contribution in [0.5, 0.6) is 5.75 Å². The molecule has 0 aromatic heterocycles. The minimum Gasteiger partial charge on any atom is -0.465 e. The van der Waals surface area contributed by atoms with E-state index in [2.05, 4.69) is 20.4 Å². The minimum atomic E-state index is -0.160. The summed E-state index contributed by atoms with van der Waals surface area (Å²) in [6.07, 6.45) is 8.28. The summed E-state index contributed by atoms with van der Waals surface area (Å²) in [7, 11) is 0. The van der Waals surface area contributed by atoms with E-state index in [1.54, 1.807) is 0 Å². The fourth-order valence-electron chi connectivity index (χ4n) is 2.53. The van der Waals surface area contributed by atoms with E-state index in [9.17, 15) is 0 Å². The molecule has 1 aliphatic rings. The first-order chi connectivity index (χ1) is 9.69. The second-order valence-corrected chi connectivity index (χ2v) is 5.90. The molecule has 0 N–H and O–H groups in total. The molecule has 1 aromatic rings. The van der Waals surface area contributed by atoms with Gasteiger partial charge in [0.2, 0.25) is 6.29 Å². The van der Waals surface area contributed by atoms with Crippen molar-refractivity contribution in [3.63, 3.8) is 0 Å². The predicted molar refractivity (Wildman–Crippen MR) is 83.7 cm³/mol. The van der Waals surface area contributed by atoms with Gasteiger partial charge in [-0.1, -0.05) is 57.9 Å². The molecule has 1 saturated carbocycles. The van der Waals surface area contributed by atoms with Crippen molar-refractivity contribution in [1.29, 1.82) is 0 Å². The van der Waals surface area contributed by atoms with Crippen LogP contribution in [-0.4, -0.2) is 12.4 Å². The van der Waals surface area contributed by atoms with Crippen molar-refractivity contribution in [3.8, 4) is 5.75 Å². The van der Waals surface area contributed by atoms with Crippen molar-refractivity contribution in [2.24, 2.45) is 5.92 Å². The summed E-state index contributed by atoms with van der Waals surface area (Å²) in [6, 6.07) is 7.99. The van der Waals surface area contributed by atoms with Crippen molar-refractivity contribution >= 4 is 6.08 Å². The van der Waals surface area contributed by atoms with Gasteiger partial charge in [-0.15, -0.1) is 0 Å². The van der Waals surface area contributed by atoms with E-state index in [1.807, 2.05) is 30.3 Å². The first-order valence-electron chi connectivity index (χ1n) is 7.73. The van der Waals surface area contributed by atoms with E-state index in [4.69, 9.17) is 9.47 Å². The molecule has 0 aliphatic heterocycles. The van der Waals surface area contributed by atoms with Gasteiger partial charge in [0.1, 0.15) is 5.75 Å². The number of hydrogen-bond acceptors (Lipinski definition) is 2. The molecule has 1 aliphatic carbocycles. The van der Waals surface area contributed by atoms with Crippen molar-refractivity contribution < 1.29 is 9.47 Å². The van der Waals surface area contributed by atoms with E-state index in [-0.39, 0.29) is 6.29 Å². The highest BCUT2D eigenvalue weighted by Crippen LogP contribution is 2.25. The topological polar surface area (TPSA) is 18.5 Å². The highest BCUT2D eigenvalue weighted by molar-refractivity contribution is 5.48. The lowest BCUT2D eigenvalue weighted by Gasteiger charge is -2.30. The Bertz CT molecular complexity index is 402. The van der Waals surface area contributed by atoms with Gasteiger partial charge in [0.15, 0.2) is 0 Å². The van der Waals surface area contributed by atoms with Crippen LogP contribution >= 0.6 is 0 Å². The number of hydrogen-bond donors (Lipinski definition) is 0. The third kappa shape index (κ3) is 4.38. The summed E-state index contributed by atoms with van der Waals surface area (Å²) in [5, 5.41) is 0. The quantitative estimate of drug-likeness (QED) is 0.677. The van der Waals surface area contributed by atoms with Crippen LogP contribution in [0.2, 0.25) is 0 Å². The maximum Gasteiger partial charge on any atom is 0.202 e. The van der Waals surface area contributed by atoms with Crippen LogP contribution in [0.25, 0.3) is 6.08 Å². The summed E-state index contributed by atoms with van der Waals surface area (Å²) in [5.74, 6) is 1.21. The van der Waals surface area contributed by atoms with Gasteiger partial charge in [0.05, 0.1) is 6.10 Å². The fourth-order valence-corrected chi connectivity index (χ4v) is 2.53. The molecule has 1 fully saturated rings. The van der Waals surface area contributed by atoms with Crippen LogP contribution in [0.1, 0.15) is 51.5 Å². The summed E-state index contributed by atoms with van der Waals surface area (Å²) in [4.78, 5) is 0. The van der Waals surface area contributed by atoms with E-state index in [0.29, 0.717) is 12.0 Å². The highest BCUT2D eigenvalue weighted by atomic mass is 16.7. The Morgan fingerprint density at radius 3 is 2.30 bits per heavy atom. The Labute approximate surface area is 122 Å². The molecule has 1 atom stereocenters. The first kappa shape index (κ1) is 15.1. The van der Waals surface area contributed by atoms with Gasteiger partial charge in [-0.3, -0.25) is 0 Å². The van der Waals surface area contributed by atoms with Crippen molar-refractivity contribution in [1.82, 2.24) is 0 Å². The molecule has 1 aromatic carbocycles. The standard InChI is InChI=1S/C18H26O2/c1-4-15-10-12-17(13-11-15)20-18(14(2)3)19-16-8-6-5-7-9-16/h4,10-14,16,18H,1,5-9H2,2-3H3. The maximum atomic E-state index is 6.17. The van der Waals surface area contributed by atoms with Crippen LogP contribution in [0.15, 0.2) is 30.8 Å². The highest BCUT2D eigenvalue weighted by Gasteiger charge is 2.22.